The van der Waals surface area contributed by atoms with Gasteiger partial charge >= 0.3 is 0 Å². The van der Waals surface area contributed by atoms with E-state index in [1.165, 1.54) is 23.3 Å². The lowest BCUT2D eigenvalue weighted by Crippen LogP contribution is -2.23. The normalized spacial score (nSPS) is 12.0. The number of sulfonamides is 1. The summed E-state index contributed by atoms with van der Waals surface area (Å²) in [6.45, 7) is 3.70. The molecule has 0 N–H and O–H groups in total. The van der Waals surface area contributed by atoms with Crippen molar-refractivity contribution in [1.82, 2.24) is 23.8 Å². The quantitative estimate of drug-likeness (QED) is 0.667. The first-order chi connectivity index (χ1) is 13.0. The number of carbonyl (C=O) groups excluding carboxylic acids is 1. The van der Waals surface area contributed by atoms with Crippen LogP contribution in [0, 0.1) is 13.8 Å². The summed E-state index contributed by atoms with van der Waals surface area (Å²) in [4.78, 5) is 18.4. The molecule has 0 saturated heterocycles. The minimum atomic E-state index is -3.50. The highest BCUT2D eigenvalue weighted by molar-refractivity contribution is 7.89. The Morgan fingerprint density at radius 1 is 1.04 bits per heavy atom. The molecular weight excluding hydrogens is 378 g/mol. The molecule has 0 aliphatic carbocycles. The van der Waals surface area contributed by atoms with E-state index in [1.807, 2.05) is 13.8 Å². The molecule has 8 nitrogen and oxygen atoms in total. The maximum atomic E-state index is 12.3. The van der Waals surface area contributed by atoms with Crippen LogP contribution >= 0.6 is 0 Å². The average Bonchev–Trinajstić information content (AvgIpc) is 3.05. The fourth-order valence-electron chi connectivity index (χ4n) is 2.89. The molecular formula is C19H23N5O3S. The topological polar surface area (TPSA) is 87.9 Å². The molecule has 28 heavy (non-hydrogen) atoms. The van der Waals surface area contributed by atoms with E-state index in [4.69, 9.17) is 0 Å². The van der Waals surface area contributed by atoms with Gasteiger partial charge < -0.3 is 4.90 Å². The third-order valence-corrected chi connectivity index (χ3v) is 6.29. The molecule has 0 aliphatic rings. The smallest absolute Gasteiger partial charge is 0.272 e. The Morgan fingerprint density at radius 3 is 2.29 bits per heavy atom. The number of aryl methyl sites for hydroxylation is 2. The van der Waals surface area contributed by atoms with Crippen molar-refractivity contribution in [1.29, 1.82) is 0 Å². The minimum absolute atomic E-state index is 0.178. The summed E-state index contributed by atoms with van der Waals surface area (Å²) < 4.78 is 27.5. The predicted octanol–water partition coefficient (Wildman–Crippen LogP) is 1.97. The van der Waals surface area contributed by atoms with Crippen molar-refractivity contribution in [2.45, 2.75) is 18.7 Å². The molecule has 0 spiro atoms. The van der Waals surface area contributed by atoms with Crippen LogP contribution in [-0.2, 0) is 10.0 Å². The molecule has 2 heterocycles. The fraction of sp³-hybridized carbons (Fsp3) is 0.316. The molecule has 0 bridgehead atoms. The van der Waals surface area contributed by atoms with Crippen LogP contribution in [0.4, 0.5) is 0 Å². The summed E-state index contributed by atoms with van der Waals surface area (Å²) in [5.74, 6) is -0.178. The Labute approximate surface area is 164 Å². The number of aromatic nitrogens is 3. The van der Waals surface area contributed by atoms with Crippen LogP contribution in [0.3, 0.4) is 0 Å². The summed E-state index contributed by atoms with van der Waals surface area (Å²) in [6.07, 6.45) is 0. The Balaban J connectivity index is 2.10. The van der Waals surface area contributed by atoms with Crippen LogP contribution in [0.15, 0.2) is 35.2 Å². The van der Waals surface area contributed by atoms with E-state index in [1.54, 1.807) is 48.9 Å². The van der Waals surface area contributed by atoms with Gasteiger partial charge in [0.2, 0.25) is 10.0 Å². The van der Waals surface area contributed by atoms with E-state index in [9.17, 15) is 13.2 Å². The molecule has 148 valence electrons. The van der Waals surface area contributed by atoms with E-state index in [-0.39, 0.29) is 10.8 Å². The second kappa shape index (κ2) is 6.99. The van der Waals surface area contributed by atoms with E-state index in [0.717, 1.165) is 16.8 Å². The van der Waals surface area contributed by atoms with Crippen molar-refractivity contribution in [3.63, 3.8) is 0 Å². The number of rotatable bonds is 4. The maximum Gasteiger partial charge on any atom is 0.272 e. The molecule has 0 aliphatic heterocycles. The highest BCUT2D eigenvalue weighted by Gasteiger charge is 2.19. The second-order valence-electron chi connectivity index (χ2n) is 7.05. The Hall–Kier alpha value is -2.78. The average molecular weight is 401 g/mol. The first-order valence-electron chi connectivity index (χ1n) is 8.65. The third-order valence-electron chi connectivity index (χ3n) is 4.48. The van der Waals surface area contributed by atoms with Gasteiger partial charge in [-0.25, -0.2) is 22.2 Å². The predicted molar refractivity (Wildman–Crippen MR) is 107 cm³/mol. The Bertz CT molecular complexity index is 1180. The lowest BCUT2D eigenvalue weighted by Gasteiger charge is -2.12. The summed E-state index contributed by atoms with van der Waals surface area (Å²) in [5.41, 5.74) is 3.95. The summed E-state index contributed by atoms with van der Waals surface area (Å²) in [6, 6.07) is 8.45. The van der Waals surface area contributed by atoms with E-state index in [2.05, 4.69) is 10.1 Å². The number of benzene rings is 1. The molecule has 2 aromatic heterocycles. The summed E-state index contributed by atoms with van der Waals surface area (Å²) in [5, 5.41) is 4.58. The second-order valence-corrected chi connectivity index (χ2v) is 9.20. The number of amides is 1. The lowest BCUT2D eigenvalue weighted by molar-refractivity contribution is 0.0822. The van der Waals surface area contributed by atoms with Crippen molar-refractivity contribution in [3.8, 4) is 11.3 Å². The van der Waals surface area contributed by atoms with Gasteiger partial charge in [-0.1, -0.05) is 6.07 Å². The molecule has 1 aromatic carbocycles. The van der Waals surface area contributed by atoms with Crippen molar-refractivity contribution in [2.75, 3.05) is 28.2 Å². The van der Waals surface area contributed by atoms with Crippen LogP contribution in [0.1, 0.15) is 21.7 Å². The van der Waals surface area contributed by atoms with Gasteiger partial charge in [0.25, 0.3) is 5.91 Å². The van der Waals surface area contributed by atoms with Gasteiger partial charge in [0, 0.05) is 45.5 Å². The Kier molecular flexibility index (Phi) is 4.99. The molecule has 3 rings (SSSR count). The Morgan fingerprint density at radius 2 is 1.71 bits per heavy atom. The van der Waals surface area contributed by atoms with Gasteiger partial charge in [-0.2, -0.15) is 5.10 Å². The molecule has 1 amide bonds. The molecule has 9 heteroatoms. The number of hydrogen-bond acceptors (Lipinski definition) is 5. The number of hydrogen-bond donors (Lipinski definition) is 0. The van der Waals surface area contributed by atoms with E-state index in [0.29, 0.717) is 17.0 Å². The van der Waals surface area contributed by atoms with Crippen LogP contribution < -0.4 is 0 Å². The van der Waals surface area contributed by atoms with Crippen molar-refractivity contribution >= 4 is 21.6 Å². The number of fused-ring (bicyclic) bond motifs is 1. The van der Waals surface area contributed by atoms with E-state index < -0.39 is 10.0 Å². The highest BCUT2D eigenvalue weighted by atomic mass is 32.2. The highest BCUT2D eigenvalue weighted by Crippen LogP contribution is 2.27. The van der Waals surface area contributed by atoms with Gasteiger partial charge in [-0.15, -0.1) is 0 Å². The monoisotopic (exact) mass is 401 g/mol. The molecule has 0 unspecified atom stereocenters. The van der Waals surface area contributed by atoms with Gasteiger partial charge in [-0.05, 0) is 37.6 Å². The van der Waals surface area contributed by atoms with Crippen molar-refractivity contribution < 1.29 is 13.2 Å². The third kappa shape index (κ3) is 3.38. The lowest BCUT2D eigenvalue weighted by atomic mass is 10.1. The standard InChI is InChI=1S/C19H23N5O3S/c1-12-9-14(28(26,27)23(5)6)7-8-15(12)16-11-18-20-17(19(25)22(3)4)10-13(2)24(18)21-16/h7-11H,1-6H3. The fourth-order valence-corrected chi connectivity index (χ4v) is 3.88. The largest absolute Gasteiger partial charge is 0.343 e. The van der Waals surface area contributed by atoms with Crippen LogP contribution in [-0.4, -0.2) is 66.3 Å². The zero-order valence-electron chi connectivity index (χ0n) is 16.8. The minimum Gasteiger partial charge on any atom is -0.343 e. The summed E-state index contributed by atoms with van der Waals surface area (Å²) >= 11 is 0. The summed E-state index contributed by atoms with van der Waals surface area (Å²) in [7, 11) is 2.86. The number of nitrogens with zero attached hydrogens (tertiary/aromatic N) is 5. The van der Waals surface area contributed by atoms with Crippen LogP contribution in [0.2, 0.25) is 0 Å². The van der Waals surface area contributed by atoms with Gasteiger partial charge in [-0.3, -0.25) is 4.79 Å². The first-order valence-corrected chi connectivity index (χ1v) is 10.1. The van der Waals surface area contributed by atoms with Crippen molar-refractivity contribution in [3.05, 3.63) is 47.3 Å². The van der Waals surface area contributed by atoms with Gasteiger partial charge in [0.15, 0.2) is 5.65 Å². The van der Waals surface area contributed by atoms with E-state index >= 15 is 0 Å². The van der Waals surface area contributed by atoms with Gasteiger partial charge in [0.05, 0.1) is 10.6 Å². The number of carbonyl (C=O) groups is 1. The molecule has 0 fully saturated rings. The van der Waals surface area contributed by atoms with Crippen molar-refractivity contribution in [2.24, 2.45) is 0 Å². The molecule has 0 saturated carbocycles. The van der Waals surface area contributed by atoms with Crippen LogP contribution in [0.25, 0.3) is 16.9 Å². The first kappa shape index (κ1) is 20.0. The van der Waals surface area contributed by atoms with Crippen LogP contribution in [0.5, 0.6) is 0 Å². The maximum absolute atomic E-state index is 12.3. The SMILES string of the molecule is Cc1cc(S(=O)(=O)N(C)C)ccc1-c1cc2nc(C(=O)N(C)C)cc(C)n2n1. The zero-order valence-corrected chi connectivity index (χ0v) is 17.6. The zero-order chi connectivity index (χ0) is 20.8. The van der Waals surface area contributed by atoms with Gasteiger partial charge in [0.1, 0.15) is 5.69 Å². The molecule has 0 radical (unpaired) electrons. The molecule has 3 aromatic rings. The molecule has 0 atom stereocenters.